The SMILES string of the molecule is Cc1ccc(C(C)NCc2ccc(OC(F)F)cc2)o1. The molecule has 108 valence electrons. The zero-order valence-electron chi connectivity index (χ0n) is 11.4. The van der Waals surface area contributed by atoms with Crippen LogP contribution in [-0.4, -0.2) is 6.61 Å². The van der Waals surface area contributed by atoms with E-state index in [0.29, 0.717) is 6.54 Å². The van der Waals surface area contributed by atoms with Crippen molar-refractivity contribution < 1.29 is 17.9 Å². The molecule has 1 atom stereocenters. The molecule has 0 spiro atoms. The van der Waals surface area contributed by atoms with Crippen LogP contribution in [0.4, 0.5) is 8.78 Å². The van der Waals surface area contributed by atoms with E-state index in [-0.39, 0.29) is 11.8 Å². The summed E-state index contributed by atoms with van der Waals surface area (Å²) in [5.74, 6) is 1.92. The Kier molecular flexibility index (Phi) is 4.74. The Morgan fingerprint density at radius 2 is 1.85 bits per heavy atom. The molecule has 0 saturated carbocycles. The van der Waals surface area contributed by atoms with Crippen LogP contribution in [0.1, 0.15) is 30.0 Å². The van der Waals surface area contributed by atoms with Gasteiger partial charge in [-0.05, 0) is 43.7 Å². The molecule has 0 radical (unpaired) electrons. The topological polar surface area (TPSA) is 34.4 Å². The average molecular weight is 281 g/mol. The monoisotopic (exact) mass is 281 g/mol. The van der Waals surface area contributed by atoms with Crippen LogP contribution < -0.4 is 10.1 Å². The minimum absolute atomic E-state index is 0.0840. The van der Waals surface area contributed by atoms with E-state index >= 15 is 0 Å². The summed E-state index contributed by atoms with van der Waals surface area (Å²) in [6, 6.07) is 10.5. The van der Waals surface area contributed by atoms with Gasteiger partial charge in [0.2, 0.25) is 0 Å². The van der Waals surface area contributed by atoms with Crippen LogP contribution in [0.5, 0.6) is 5.75 Å². The first-order valence-electron chi connectivity index (χ1n) is 6.38. The summed E-state index contributed by atoms with van der Waals surface area (Å²) >= 11 is 0. The van der Waals surface area contributed by atoms with Gasteiger partial charge in [-0.2, -0.15) is 8.78 Å². The smallest absolute Gasteiger partial charge is 0.387 e. The average Bonchev–Trinajstić information content (AvgIpc) is 2.84. The highest BCUT2D eigenvalue weighted by Crippen LogP contribution is 2.18. The van der Waals surface area contributed by atoms with E-state index in [1.807, 2.05) is 26.0 Å². The van der Waals surface area contributed by atoms with Crippen molar-refractivity contribution in [2.75, 3.05) is 0 Å². The highest BCUT2D eigenvalue weighted by molar-refractivity contribution is 5.27. The molecule has 0 aliphatic rings. The summed E-state index contributed by atoms with van der Waals surface area (Å²) in [5.41, 5.74) is 0.988. The molecule has 5 heteroatoms. The summed E-state index contributed by atoms with van der Waals surface area (Å²) in [6.45, 7) is 1.74. The van der Waals surface area contributed by atoms with Gasteiger partial charge in [0.25, 0.3) is 0 Å². The van der Waals surface area contributed by atoms with Gasteiger partial charge in [-0.1, -0.05) is 12.1 Å². The maximum Gasteiger partial charge on any atom is 0.387 e. The van der Waals surface area contributed by atoms with Crippen molar-refractivity contribution in [3.05, 3.63) is 53.5 Å². The van der Waals surface area contributed by atoms with Gasteiger partial charge in [0.15, 0.2) is 0 Å². The first-order chi connectivity index (χ1) is 9.54. The molecule has 1 heterocycles. The van der Waals surface area contributed by atoms with E-state index in [1.165, 1.54) is 12.1 Å². The number of benzene rings is 1. The molecule has 0 aliphatic carbocycles. The predicted octanol–water partition coefficient (Wildman–Crippen LogP) is 4.04. The van der Waals surface area contributed by atoms with Gasteiger partial charge in [-0.15, -0.1) is 0 Å². The second kappa shape index (κ2) is 6.52. The first kappa shape index (κ1) is 14.5. The number of ether oxygens (including phenoxy) is 1. The molecule has 0 fully saturated rings. The van der Waals surface area contributed by atoms with Crippen LogP contribution in [0.25, 0.3) is 0 Å². The van der Waals surface area contributed by atoms with E-state index < -0.39 is 6.61 Å². The fraction of sp³-hybridized carbons (Fsp3) is 0.333. The molecule has 0 amide bonds. The molecule has 2 aromatic rings. The molecule has 1 aromatic heterocycles. The van der Waals surface area contributed by atoms with Crippen molar-refractivity contribution in [3.8, 4) is 5.75 Å². The predicted molar refractivity (Wildman–Crippen MR) is 71.8 cm³/mol. The maximum atomic E-state index is 12.0. The van der Waals surface area contributed by atoms with Gasteiger partial charge in [0.1, 0.15) is 17.3 Å². The standard InChI is InChI=1S/C15H17F2NO2/c1-10-3-8-14(19-10)11(2)18-9-12-4-6-13(7-5-12)20-15(16)17/h3-8,11,15,18H,9H2,1-2H3. The lowest BCUT2D eigenvalue weighted by Gasteiger charge is -2.12. The van der Waals surface area contributed by atoms with E-state index in [0.717, 1.165) is 17.1 Å². The Bertz CT molecular complexity index is 537. The number of nitrogens with one attached hydrogen (secondary N) is 1. The summed E-state index contributed by atoms with van der Waals surface area (Å²) < 4.78 is 33.9. The van der Waals surface area contributed by atoms with Crippen LogP contribution in [-0.2, 0) is 6.54 Å². The molecular formula is C15H17F2NO2. The van der Waals surface area contributed by atoms with E-state index in [2.05, 4.69) is 10.1 Å². The molecule has 0 bridgehead atoms. The number of hydrogen-bond donors (Lipinski definition) is 1. The molecule has 0 aliphatic heterocycles. The number of hydrogen-bond acceptors (Lipinski definition) is 3. The Morgan fingerprint density at radius 1 is 1.15 bits per heavy atom. The van der Waals surface area contributed by atoms with Crippen LogP contribution in [0.15, 0.2) is 40.8 Å². The van der Waals surface area contributed by atoms with Gasteiger partial charge in [-0.25, -0.2) is 0 Å². The molecular weight excluding hydrogens is 264 g/mol. The Hall–Kier alpha value is -1.88. The summed E-state index contributed by atoms with van der Waals surface area (Å²) in [6.07, 6.45) is 0. The third-order valence-electron chi connectivity index (χ3n) is 2.95. The number of alkyl halides is 2. The van der Waals surface area contributed by atoms with Crippen molar-refractivity contribution in [2.24, 2.45) is 0 Å². The molecule has 1 N–H and O–H groups in total. The molecule has 1 aromatic carbocycles. The maximum absolute atomic E-state index is 12.0. The van der Waals surface area contributed by atoms with Crippen LogP contribution in [0, 0.1) is 6.92 Å². The molecule has 0 saturated heterocycles. The van der Waals surface area contributed by atoms with Crippen molar-refractivity contribution in [3.63, 3.8) is 0 Å². The Balaban J connectivity index is 1.87. The lowest BCUT2D eigenvalue weighted by atomic mass is 10.2. The minimum Gasteiger partial charge on any atom is -0.465 e. The highest BCUT2D eigenvalue weighted by atomic mass is 19.3. The highest BCUT2D eigenvalue weighted by Gasteiger charge is 2.09. The van der Waals surface area contributed by atoms with Gasteiger partial charge in [0.05, 0.1) is 6.04 Å². The fourth-order valence-corrected chi connectivity index (χ4v) is 1.85. The van der Waals surface area contributed by atoms with Gasteiger partial charge < -0.3 is 14.5 Å². The normalized spacial score (nSPS) is 12.7. The second-order valence-electron chi connectivity index (χ2n) is 4.57. The van der Waals surface area contributed by atoms with Crippen LogP contribution in [0.2, 0.25) is 0 Å². The Labute approximate surface area is 116 Å². The van der Waals surface area contributed by atoms with E-state index in [4.69, 9.17) is 4.42 Å². The van der Waals surface area contributed by atoms with Crippen molar-refractivity contribution in [1.29, 1.82) is 0 Å². The molecule has 20 heavy (non-hydrogen) atoms. The van der Waals surface area contributed by atoms with Crippen molar-refractivity contribution >= 4 is 0 Å². The van der Waals surface area contributed by atoms with Gasteiger partial charge in [-0.3, -0.25) is 0 Å². The van der Waals surface area contributed by atoms with E-state index in [9.17, 15) is 8.78 Å². The lowest BCUT2D eigenvalue weighted by molar-refractivity contribution is -0.0498. The summed E-state index contributed by atoms with van der Waals surface area (Å²) in [5, 5.41) is 3.31. The third-order valence-corrected chi connectivity index (χ3v) is 2.95. The van der Waals surface area contributed by atoms with Crippen LogP contribution in [0.3, 0.4) is 0 Å². The van der Waals surface area contributed by atoms with Crippen molar-refractivity contribution in [2.45, 2.75) is 33.0 Å². The number of halogens is 2. The lowest BCUT2D eigenvalue weighted by Crippen LogP contribution is -2.17. The molecule has 3 nitrogen and oxygen atoms in total. The largest absolute Gasteiger partial charge is 0.465 e. The zero-order chi connectivity index (χ0) is 14.5. The number of rotatable bonds is 6. The quantitative estimate of drug-likeness (QED) is 0.867. The number of furan rings is 1. The summed E-state index contributed by atoms with van der Waals surface area (Å²) in [4.78, 5) is 0. The molecule has 1 unspecified atom stereocenters. The number of aryl methyl sites for hydroxylation is 1. The van der Waals surface area contributed by atoms with Crippen molar-refractivity contribution in [1.82, 2.24) is 5.32 Å². The van der Waals surface area contributed by atoms with Gasteiger partial charge >= 0.3 is 6.61 Å². The van der Waals surface area contributed by atoms with Crippen LogP contribution >= 0.6 is 0 Å². The first-order valence-corrected chi connectivity index (χ1v) is 6.38. The minimum atomic E-state index is -2.79. The van der Waals surface area contributed by atoms with Gasteiger partial charge in [0, 0.05) is 6.54 Å². The summed E-state index contributed by atoms with van der Waals surface area (Å²) in [7, 11) is 0. The zero-order valence-corrected chi connectivity index (χ0v) is 11.4. The Morgan fingerprint density at radius 3 is 2.40 bits per heavy atom. The second-order valence-corrected chi connectivity index (χ2v) is 4.57. The third kappa shape index (κ3) is 4.06. The molecule has 2 rings (SSSR count). The van der Waals surface area contributed by atoms with E-state index in [1.54, 1.807) is 12.1 Å². The fourth-order valence-electron chi connectivity index (χ4n) is 1.85.